The number of carbonyl (C=O) groups excluding carboxylic acids is 1. The van der Waals surface area contributed by atoms with Crippen LogP contribution in [0, 0.1) is 5.82 Å². The number of fused-ring (bicyclic) bond motifs is 1. The lowest BCUT2D eigenvalue weighted by atomic mass is 10.1. The van der Waals surface area contributed by atoms with Gasteiger partial charge in [0.25, 0.3) is 0 Å². The predicted molar refractivity (Wildman–Crippen MR) is 102 cm³/mol. The van der Waals surface area contributed by atoms with E-state index in [4.69, 9.17) is 9.47 Å². The second kappa shape index (κ2) is 9.77. The largest absolute Gasteiger partial charge is 0.481 e. The number of hydrogen-bond acceptors (Lipinski definition) is 8. The number of amides is 1. The summed E-state index contributed by atoms with van der Waals surface area (Å²) < 4.78 is 24.9. The number of pyridine rings is 2. The number of alkyl carbamates (subject to hydrolysis) is 1. The Bertz CT molecular complexity index is 853. The van der Waals surface area contributed by atoms with Crippen LogP contribution >= 0.6 is 0 Å². The Morgan fingerprint density at radius 3 is 3.00 bits per heavy atom. The molecule has 3 heterocycles. The molecule has 2 aromatic rings. The monoisotopic (exact) mass is 408 g/mol. The first-order valence-corrected chi connectivity index (χ1v) is 9.44. The number of carbonyl (C=O) groups is 1. The van der Waals surface area contributed by atoms with Gasteiger partial charge in [-0.3, -0.25) is 9.88 Å². The Balaban J connectivity index is 1.75. The van der Waals surface area contributed by atoms with Crippen molar-refractivity contribution in [3.63, 3.8) is 0 Å². The molecule has 10 heteroatoms. The van der Waals surface area contributed by atoms with E-state index in [-0.39, 0.29) is 19.2 Å². The van der Waals surface area contributed by atoms with Gasteiger partial charge in [0.2, 0.25) is 5.88 Å². The molecule has 1 fully saturated rings. The van der Waals surface area contributed by atoms with Crippen molar-refractivity contribution in [2.45, 2.75) is 31.6 Å². The molecule has 0 spiro atoms. The smallest absolute Gasteiger partial charge is 0.407 e. The number of aliphatic hydroxyl groups excluding tert-OH is 2. The van der Waals surface area contributed by atoms with E-state index in [0.29, 0.717) is 48.4 Å². The van der Waals surface area contributed by atoms with Crippen LogP contribution in [-0.4, -0.2) is 76.7 Å². The van der Waals surface area contributed by atoms with E-state index in [9.17, 15) is 19.4 Å². The zero-order valence-corrected chi connectivity index (χ0v) is 16.2. The number of aliphatic hydroxyl groups is 2. The normalized spacial score (nSPS) is 17.4. The lowest BCUT2D eigenvalue weighted by molar-refractivity contribution is 0.0545. The van der Waals surface area contributed by atoms with E-state index in [1.165, 1.54) is 7.11 Å². The minimum absolute atomic E-state index is 0.159. The number of rotatable bonds is 10. The molecule has 3 N–H and O–H groups in total. The molecule has 1 saturated heterocycles. The molecule has 0 saturated carbocycles. The Hall–Kier alpha value is -2.56. The maximum atomic E-state index is 14.6. The molecule has 2 atom stereocenters. The van der Waals surface area contributed by atoms with Crippen LogP contribution in [0.15, 0.2) is 18.3 Å². The van der Waals surface area contributed by atoms with Crippen molar-refractivity contribution in [1.29, 1.82) is 0 Å². The average molecular weight is 408 g/mol. The number of nitrogens with zero attached hydrogens (tertiary/aromatic N) is 3. The van der Waals surface area contributed by atoms with E-state index >= 15 is 0 Å². The van der Waals surface area contributed by atoms with Gasteiger partial charge in [-0.05, 0) is 25.5 Å². The summed E-state index contributed by atoms with van der Waals surface area (Å²) in [5.74, 6) is -0.153. The molecule has 29 heavy (non-hydrogen) atoms. The fourth-order valence-corrected chi connectivity index (χ4v) is 3.29. The van der Waals surface area contributed by atoms with Gasteiger partial charge in [-0.15, -0.1) is 0 Å². The molecular formula is C19H25FN4O5. The van der Waals surface area contributed by atoms with Crippen molar-refractivity contribution in [2.75, 3.05) is 33.4 Å². The van der Waals surface area contributed by atoms with Gasteiger partial charge in [0, 0.05) is 24.7 Å². The van der Waals surface area contributed by atoms with E-state index < -0.39 is 24.6 Å². The van der Waals surface area contributed by atoms with Crippen molar-refractivity contribution in [1.82, 2.24) is 20.2 Å². The van der Waals surface area contributed by atoms with Crippen LogP contribution in [0.5, 0.6) is 5.88 Å². The molecule has 1 amide bonds. The molecule has 2 aromatic heterocycles. The second-order valence-electron chi connectivity index (χ2n) is 6.93. The van der Waals surface area contributed by atoms with E-state index in [2.05, 4.69) is 15.3 Å². The fraction of sp³-hybridized carbons (Fsp3) is 0.526. The number of aromatic nitrogens is 2. The van der Waals surface area contributed by atoms with Crippen LogP contribution in [0.25, 0.3) is 11.0 Å². The molecule has 0 aliphatic carbocycles. The van der Waals surface area contributed by atoms with Crippen molar-refractivity contribution in [2.24, 2.45) is 0 Å². The summed E-state index contributed by atoms with van der Waals surface area (Å²) in [5.41, 5.74) is 1.27. The Morgan fingerprint density at radius 2 is 2.31 bits per heavy atom. The first-order chi connectivity index (χ1) is 14.0. The third kappa shape index (κ3) is 5.49. The summed E-state index contributed by atoms with van der Waals surface area (Å²) in [6.07, 6.45) is 0.870. The molecule has 1 aliphatic heterocycles. The zero-order valence-electron chi connectivity index (χ0n) is 16.2. The van der Waals surface area contributed by atoms with Crippen LogP contribution in [0.3, 0.4) is 0 Å². The number of halogens is 1. The Labute approximate surface area is 167 Å². The molecule has 0 radical (unpaired) electrons. The minimum Gasteiger partial charge on any atom is -0.481 e. The van der Waals surface area contributed by atoms with Crippen molar-refractivity contribution < 1.29 is 28.9 Å². The number of methoxy groups -OCH3 is 1. The molecule has 1 aliphatic rings. The second-order valence-corrected chi connectivity index (χ2v) is 6.93. The van der Waals surface area contributed by atoms with Gasteiger partial charge in [0.05, 0.1) is 38.1 Å². The highest BCUT2D eigenvalue weighted by molar-refractivity contribution is 5.78. The highest BCUT2D eigenvalue weighted by atomic mass is 19.1. The quantitative estimate of drug-likeness (QED) is 0.529. The number of hydrogen-bond donors (Lipinski definition) is 3. The van der Waals surface area contributed by atoms with Crippen LogP contribution in [-0.2, 0) is 11.3 Å². The van der Waals surface area contributed by atoms with Gasteiger partial charge in [0.15, 0.2) is 0 Å². The summed E-state index contributed by atoms with van der Waals surface area (Å²) in [4.78, 5) is 21.4. The van der Waals surface area contributed by atoms with Crippen molar-refractivity contribution in [3.8, 4) is 5.88 Å². The highest BCUT2D eigenvalue weighted by Gasteiger charge is 2.23. The summed E-state index contributed by atoms with van der Waals surface area (Å²) in [7, 11) is 1.48. The summed E-state index contributed by atoms with van der Waals surface area (Å²) >= 11 is 0. The number of nitrogens with one attached hydrogen (secondary N) is 1. The maximum absolute atomic E-state index is 14.6. The van der Waals surface area contributed by atoms with Crippen LogP contribution < -0.4 is 10.1 Å². The average Bonchev–Trinajstić information content (AvgIpc) is 3.14. The predicted octanol–water partition coefficient (Wildman–Crippen LogP) is 0.821. The minimum atomic E-state index is -0.959. The molecule has 3 rings (SSSR count). The summed E-state index contributed by atoms with van der Waals surface area (Å²) in [6, 6.07) is 3.36. The third-order valence-corrected chi connectivity index (χ3v) is 4.76. The van der Waals surface area contributed by atoms with Gasteiger partial charge in [-0.2, -0.15) is 0 Å². The number of ether oxygens (including phenoxy) is 2. The first kappa shape index (κ1) is 21.2. The molecule has 9 nitrogen and oxygen atoms in total. The zero-order chi connectivity index (χ0) is 20.8. The van der Waals surface area contributed by atoms with Crippen molar-refractivity contribution in [3.05, 3.63) is 29.7 Å². The lowest BCUT2D eigenvalue weighted by Crippen LogP contribution is -2.35. The maximum Gasteiger partial charge on any atom is 0.407 e. The van der Waals surface area contributed by atoms with Crippen LogP contribution in [0.2, 0.25) is 0 Å². The first-order valence-electron chi connectivity index (χ1n) is 9.44. The molecule has 158 valence electrons. The highest BCUT2D eigenvalue weighted by Crippen LogP contribution is 2.23. The van der Waals surface area contributed by atoms with E-state index in [0.717, 1.165) is 6.20 Å². The molecule has 0 bridgehead atoms. The van der Waals surface area contributed by atoms with Crippen LogP contribution in [0.4, 0.5) is 9.18 Å². The van der Waals surface area contributed by atoms with Gasteiger partial charge >= 0.3 is 6.09 Å². The summed E-state index contributed by atoms with van der Waals surface area (Å²) in [5, 5.41) is 21.7. The summed E-state index contributed by atoms with van der Waals surface area (Å²) in [6.45, 7) is 0.910. The van der Waals surface area contributed by atoms with E-state index in [1.807, 2.05) is 4.90 Å². The van der Waals surface area contributed by atoms with Gasteiger partial charge in [0.1, 0.15) is 17.4 Å². The molecule has 0 aromatic carbocycles. The van der Waals surface area contributed by atoms with Gasteiger partial charge < -0.3 is 25.0 Å². The van der Waals surface area contributed by atoms with Gasteiger partial charge in [-0.1, -0.05) is 0 Å². The lowest BCUT2D eigenvalue weighted by Gasteiger charge is -2.25. The third-order valence-electron chi connectivity index (χ3n) is 4.76. The fourth-order valence-electron chi connectivity index (χ4n) is 3.29. The number of cyclic esters (lactones) is 1. The standard InChI is InChI=1S/C19H25FN4O5/c1-28-17-5-4-16-18(23-17)14(15(20)8-21-16)10-24(9-12(26)11-25)6-2-3-13-7-22-19(27)29-13/h4-5,8,12-13,25-26H,2-3,6-7,9-11H2,1H3,(H,22,27)/t12-,13-/m1/s1. The van der Waals surface area contributed by atoms with E-state index in [1.54, 1.807) is 12.1 Å². The van der Waals surface area contributed by atoms with Crippen LogP contribution in [0.1, 0.15) is 18.4 Å². The molecule has 0 unspecified atom stereocenters. The SMILES string of the molecule is COc1ccc2ncc(F)c(CN(CCC[C@@H]3CNC(=O)O3)C[C@@H](O)CO)c2n1. The Kier molecular flexibility index (Phi) is 7.13. The topological polar surface area (TPSA) is 117 Å². The van der Waals surface area contributed by atoms with Crippen molar-refractivity contribution >= 4 is 17.1 Å². The molecular weight excluding hydrogens is 383 g/mol. The Morgan fingerprint density at radius 1 is 1.48 bits per heavy atom. The van der Waals surface area contributed by atoms with Gasteiger partial charge in [-0.25, -0.2) is 14.2 Å².